The van der Waals surface area contributed by atoms with E-state index in [1.807, 2.05) is 0 Å². The van der Waals surface area contributed by atoms with E-state index in [9.17, 15) is 18.0 Å². The van der Waals surface area contributed by atoms with Crippen molar-refractivity contribution in [2.24, 2.45) is 11.8 Å². The van der Waals surface area contributed by atoms with Crippen LogP contribution in [0.15, 0.2) is 18.3 Å². The van der Waals surface area contributed by atoms with E-state index in [2.05, 4.69) is 10.3 Å². The van der Waals surface area contributed by atoms with E-state index in [1.165, 1.54) is 12.3 Å². The number of hydrogen-bond acceptors (Lipinski definition) is 3. The molecule has 1 fully saturated rings. The van der Waals surface area contributed by atoms with Crippen molar-refractivity contribution in [3.8, 4) is 0 Å². The number of anilines is 1. The number of carboxylic acid groups (broad SMARTS) is 1. The molecule has 1 aromatic heterocycles. The Bertz CT molecular complexity index is 491. The molecule has 2 rings (SSSR count). The molecule has 20 heavy (non-hydrogen) atoms. The monoisotopic (exact) mass is 288 g/mol. The zero-order valence-electron chi connectivity index (χ0n) is 10.7. The van der Waals surface area contributed by atoms with Gasteiger partial charge in [-0.2, -0.15) is 13.2 Å². The summed E-state index contributed by atoms with van der Waals surface area (Å²) in [6, 6.07) is 2.18. The molecule has 0 radical (unpaired) electrons. The first-order chi connectivity index (χ1) is 9.39. The SMILES string of the molecule is O=C(O)C1CCCC1CNc1ncccc1C(F)(F)F. The van der Waals surface area contributed by atoms with Gasteiger partial charge in [-0.1, -0.05) is 6.42 Å². The van der Waals surface area contributed by atoms with E-state index in [0.29, 0.717) is 12.8 Å². The molecule has 0 spiro atoms. The Kier molecular flexibility index (Phi) is 4.15. The number of hydrogen-bond donors (Lipinski definition) is 2. The molecule has 0 aliphatic heterocycles. The summed E-state index contributed by atoms with van der Waals surface area (Å²) in [5.41, 5.74) is -0.829. The summed E-state index contributed by atoms with van der Waals surface area (Å²) >= 11 is 0. The highest BCUT2D eigenvalue weighted by Gasteiger charge is 2.36. The lowest BCUT2D eigenvalue weighted by atomic mass is 9.96. The number of alkyl halides is 3. The standard InChI is InChI=1S/C13H15F3N2O2/c14-13(15,16)10-5-2-6-17-11(10)18-7-8-3-1-4-9(8)12(19)20/h2,5-6,8-9H,1,3-4,7H2,(H,17,18)(H,19,20). The second-order valence-electron chi connectivity index (χ2n) is 4.91. The average Bonchev–Trinajstić information content (AvgIpc) is 2.84. The highest BCUT2D eigenvalue weighted by atomic mass is 19.4. The predicted octanol–water partition coefficient (Wildman–Crippen LogP) is 3.01. The molecule has 0 bridgehead atoms. The van der Waals surface area contributed by atoms with Gasteiger partial charge in [0.25, 0.3) is 0 Å². The Morgan fingerprint density at radius 3 is 2.85 bits per heavy atom. The van der Waals surface area contributed by atoms with E-state index >= 15 is 0 Å². The summed E-state index contributed by atoms with van der Waals surface area (Å²) in [4.78, 5) is 14.7. The summed E-state index contributed by atoms with van der Waals surface area (Å²) in [7, 11) is 0. The second-order valence-corrected chi connectivity index (χ2v) is 4.91. The van der Waals surface area contributed by atoms with Crippen LogP contribution in [-0.2, 0) is 11.0 Å². The summed E-state index contributed by atoms with van der Waals surface area (Å²) in [6.07, 6.45) is -1.12. The summed E-state index contributed by atoms with van der Waals surface area (Å²) in [5, 5.41) is 11.7. The van der Waals surface area contributed by atoms with Gasteiger partial charge in [0.15, 0.2) is 0 Å². The topological polar surface area (TPSA) is 62.2 Å². The van der Waals surface area contributed by atoms with Gasteiger partial charge in [-0.15, -0.1) is 0 Å². The van der Waals surface area contributed by atoms with Gasteiger partial charge in [-0.05, 0) is 30.9 Å². The lowest BCUT2D eigenvalue weighted by Gasteiger charge is -2.18. The molecule has 0 amide bonds. The second kappa shape index (κ2) is 5.68. The highest BCUT2D eigenvalue weighted by Crippen LogP contribution is 2.35. The van der Waals surface area contributed by atoms with Crippen molar-refractivity contribution in [1.82, 2.24) is 4.98 Å². The van der Waals surface area contributed by atoms with Crippen LogP contribution < -0.4 is 5.32 Å². The number of rotatable bonds is 4. The van der Waals surface area contributed by atoms with Crippen LogP contribution in [0.3, 0.4) is 0 Å². The maximum absolute atomic E-state index is 12.8. The van der Waals surface area contributed by atoms with E-state index in [4.69, 9.17) is 5.11 Å². The molecule has 2 atom stereocenters. The zero-order valence-corrected chi connectivity index (χ0v) is 10.7. The fraction of sp³-hybridized carbons (Fsp3) is 0.538. The van der Waals surface area contributed by atoms with Gasteiger partial charge in [0.2, 0.25) is 0 Å². The van der Waals surface area contributed by atoms with Crippen LogP contribution in [0.1, 0.15) is 24.8 Å². The molecule has 1 aliphatic rings. The minimum absolute atomic E-state index is 0.157. The van der Waals surface area contributed by atoms with Crippen LogP contribution in [0.2, 0.25) is 0 Å². The third-order valence-electron chi connectivity index (χ3n) is 3.62. The van der Waals surface area contributed by atoms with E-state index in [0.717, 1.165) is 12.5 Å². The average molecular weight is 288 g/mol. The fourth-order valence-corrected chi connectivity index (χ4v) is 2.61. The van der Waals surface area contributed by atoms with Crippen LogP contribution in [0.25, 0.3) is 0 Å². The lowest BCUT2D eigenvalue weighted by Crippen LogP contribution is -2.25. The number of halogens is 3. The van der Waals surface area contributed by atoms with Crippen molar-refractivity contribution in [1.29, 1.82) is 0 Å². The van der Waals surface area contributed by atoms with Crippen molar-refractivity contribution < 1.29 is 23.1 Å². The smallest absolute Gasteiger partial charge is 0.419 e. The number of nitrogens with one attached hydrogen (secondary N) is 1. The van der Waals surface area contributed by atoms with Crippen molar-refractivity contribution in [3.63, 3.8) is 0 Å². The quantitative estimate of drug-likeness (QED) is 0.894. The van der Waals surface area contributed by atoms with E-state index < -0.39 is 23.6 Å². The fourth-order valence-electron chi connectivity index (χ4n) is 2.61. The Balaban J connectivity index is 2.06. The molecule has 2 N–H and O–H groups in total. The van der Waals surface area contributed by atoms with Crippen molar-refractivity contribution in [3.05, 3.63) is 23.9 Å². The maximum Gasteiger partial charge on any atom is 0.419 e. The summed E-state index contributed by atoms with van der Waals surface area (Å²) in [5.74, 6) is -1.77. The molecule has 0 saturated heterocycles. The van der Waals surface area contributed by atoms with Crippen LogP contribution >= 0.6 is 0 Å². The molecule has 110 valence electrons. The number of pyridine rings is 1. The molecule has 1 aliphatic carbocycles. The largest absolute Gasteiger partial charge is 0.481 e. The number of aromatic nitrogens is 1. The first-order valence-corrected chi connectivity index (χ1v) is 6.38. The highest BCUT2D eigenvalue weighted by molar-refractivity contribution is 5.70. The Morgan fingerprint density at radius 2 is 2.20 bits per heavy atom. The first-order valence-electron chi connectivity index (χ1n) is 6.38. The normalized spacial score (nSPS) is 22.8. The summed E-state index contributed by atoms with van der Waals surface area (Å²) in [6.45, 7) is 0.192. The number of carboxylic acids is 1. The third kappa shape index (κ3) is 3.20. The van der Waals surface area contributed by atoms with Gasteiger partial charge in [0.1, 0.15) is 5.82 Å². The van der Waals surface area contributed by atoms with Crippen LogP contribution in [0.5, 0.6) is 0 Å². The Morgan fingerprint density at radius 1 is 1.45 bits per heavy atom. The van der Waals surface area contributed by atoms with E-state index in [-0.39, 0.29) is 18.3 Å². The molecular weight excluding hydrogens is 273 g/mol. The lowest BCUT2D eigenvalue weighted by molar-refractivity contribution is -0.143. The third-order valence-corrected chi connectivity index (χ3v) is 3.62. The van der Waals surface area contributed by atoms with Gasteiger partial charge in [-0.25, -0.2) is 4.98 Å². The van der Waals surface area contributed by atoms with Crippen molar-refractivity contribution in [2.75, 3.05) is 11.9 Å². The number of aliphatic carboxylic acids is 1. The van der Waals surface area contributed by atoms with Gasteiger partial charge in [0.05, 0.1) is 11.5 Å². The predicted molar refractivity (Wildman–Crippen MR) is 66.2 cm³/mol. The van der Waals surface area contributed by atoms with Gasteiger partial charge >= 0.3 is 12.1 Å². The Labute approximate surface area is 114 Å². The molecule has 7 heteroatoms. The van der Waals surface area contributed by atoms with Crippen LogP contribution in [0, 0.1) is 11.8 Å². The van der Waals surface area contributed by atoms with Crippen LogP contribution in [0.4, 0.5) is 19.0 Å². The molecule has 1 heterocycles. The maximum atomic E-state index is 12.8. The molecule has 2 unspecified atom stereocenters. The molecule has 0 aromatic carbocycles. The molecule has 4 nitrogen and oxygen atoms in total. The molecule has 1 saturated carbocycles. The van der Waals surface area contributed by atoms with Crippen molar-refractivity contribution >= 4 is 11.8 Å². The molecular formula is C13H15F3N2O2. The number of nitrogens with zero attached hydrogens (tertiary/aromatic N) is 1. The van der Waals surface area contributed by atoms with Gasteiger partial charge in [-0.3, -0.25) is 4.79 Å². The minimum Gasteiger partial charge on any atom is -0.481 e. The van der Waals surface area contributed by atoms with Crippen LogP contribution in [-0.4, -0.2) is 22.6 Å². The summed E-state index contributed by atoms with van der Waals surface area (Å²) < 4.78 is 38.3. The minimum atomic E-state index is -4.47. The first kappa shape index (κ1) is 14.6. The number of carbonyl (C=O) groups is 1. The van der Waals surface area contributed by atoms with Crippen molar-refractivity contribution in [2.45, 2.75) is 25.4 Å². The van der Waals surface area contributed by atoms with Gasteiger partial charge in [0, 0.05) is 12.7 Å². The molecule has 1 aromatic rings. The zero-order chi connectivity index (χ0) is 14.8. The van der Waals surface area contributed by atoms with Gasteiger partial charge < -0.3 is 10.4 Å². The Hall–Kier alpha value is -1.79. The van der Waals surface area contributed by atoms with E-state index in [1.54, 1.807) is 0 Å².